The van der Waals surface area contributed by atoms with Gasteiger partial charge in [0, 0.05) is 13.2 Å². The predicted molar refractivity (Wildman–Crippen MR) is 123 cm³/mol. The van der Waals surface area contributed by atoms with Crippen molar-refractivity contribution in [1.29, 1.82) is 0 Å². The van der Waals surface area contributed by atoms with E-state index in [1.807, 2.05) is 0 Å². The molecule has 0 spiro atoms. The molecule has 0 aliphatic heterocycles. The zero-order chi connectivity index (χ0) is 20.6. The summed E-state index contributed by atoms with van der Waals surface area (Å²) < 4.78 is 6.54. The lowest BCUT2D eigenvalue weighted by atomic mass is 9.61. The third-order valence-corrected chi connectivity index (χ3v) is 9.23. The molecule has 1 N–H and O–H groups in total. The Kier molecular flexibility index (Phi) is 9.83. The molecule has 6 atom stereocenters. The Hall–Kier alpha value is -0.0800. The number of aliphatic hydroxyl groups is 1. The highest BCUT2D eigenvalue weighted by molar-refractivity contribution is 4.90. The fourth-order valence-electron chi connectivity index (χ4n) is 7.38. The molecule has 2 heteroatoms. The summed E-state index contributed by atoms with van der Waals surface area (Å²) in [6.07, 6.45) is 19.5. The van der Waals surface area contributed by atoms with Crippen LogP contribution in [0.4, 0.5) is 0 Å². The highest BCUT2D eigenvalue weighted by Gasteiger charge is 2.40. The van der Waals surface area contributed by atoms with Crippen LogP contribution >= 0.6 is 0 Å². The lowest BCUT2D eigenvalue weighted by molar-refractivity contribution is -0.0470. The molecule has 0 saturated heterocycles. The second-order valence-corrected chi connectivity index (χ2v) is 11.0. The van der Waals surface area contributed by atoms with Gasteiger partial charge in [-0.25, -0.2) is 0 Å². The molecule has 29 heavy (non-hydrogen) atoms. The zero-order valence-corrected chi connectivity index (χ0v) is 19.8. The lowest BCUT2D eigenvalue weighted by Gasteiger charge is -2.46. The minimum Gasteiger partial charge on any atom is -0.396 e. The summed E-state index contributed by atoms with van der Waals surface area (Å²) in [4.78, 5) is 0. The van der Waals surface area contributed by atoms with E-state index in [0.717, 1.165) is 42.1 Å². The van der Waals surface area contributed by atoms with Crippen LogP contribution in [-0.2, 0) is 4.74 Å². The SMILES string of the molecule is CCCC1CCC(COC2CCC(C3CCC(CO)CC3CC)C(CC)C2)CC1. The van der Waals surface area contributed by atoms with E-state index in [1.165, 1.54) is 89.9 Å². The number of rotatable bonds is 9. The van der Waals surface area contributed by atoms with Crippen molar-refractivity contribution < 1.29 is 9.84 Å². The largest absolute Gasteiger partial charge is 0.396 e. The van der Waals surface area contributed by atoms with E-state index in [-0.39, 0.29) is 0 Å². The number of aliphatic hydroxyl groups excluding tert-OH is 1. The van der Waals surface area contributed by atoms with Crippen molar-refractivity contribution in [2.45, 2.75) is 117 Å². The van der Waals surface area contributed by atoms with Gasteiger partial charge in [0.15, 0.2) is 0 Å². The van der Waals surface area contributed by atoms with Gasteiger partial charge in [-0.15, -0.1) is 0 Å². The van der Waals surface area contributed by atoms with Gasteiger partial charge in [-0.2, -0.15) is 0 Å². The standard InChI is InChI=1S/C27H50O2/c1-4-7-20-8-10-21(11-9-20)19-29-25-13-15-27(24(6-3)17-25)26-14-12-22(18-28)16-23(26)5-2/h20-28H,4-19H2,1-3H3. The Morgan fingerprint density at radius 2 is 1.28 bits per heavy atom. The molecule has 0 aromatic heterocycles. The Bertz CT molecular complexity index is 442. The lowest BCUT2D eigenvalue weighted by Crippen LogP contribution is -2.39. The first-order valence-electron chi connectivity index (χ1n) is 13.4. The van der Waals surface area contributed by atoms with Crippen LogP contribution in [-0.4, -0.2) is 24.4 Å². The summed E-state index contributed by atoms with van der Waals surface area (Å²) >= 11 is 0. The molecule has 3 saturated carbocycles. The van der Waals surface area contributed by atoms with Crippen molar-refractivity contribution in [1.82, 2.24) is 0 Å². The van der Waals surface area contributed by atoms with Gasteiger partial charge in [-0.3, -0.25) is 0 Å². The number of ether oxygens (including phenoxy) is 1. The molecule has 0 bridgehead atoms. The van der Waals surface area contributed by atoms with Crippen LogP contribution in [0.3, 0.4) is 0 Å². The van der Waals surface area contributed by atoms with Crippen molar-refractivity contribution in [3.63, 3.8) is 0 Å². The Balaban J connectivity index is 1.44. The molecule has 0 amide bonds. The summed E-state index contributed by atoms with van der Waals surface area (Å²) in [5.41, 5.74) is 0. The van der Waals surface area contributed by atoms with Crippen molar-refractivity contribution in [2.24, 2.45) is 41.4 Å². The summed E-state index contributed by atoms with van der Waals surface area (Å²) in [6, 6.07) is 0. The van der Waals surface area contributed by atoms with Crippen LogP contribution in [0.5, 0.6) is 0 Å². The molecule has 2 nitrogen and oxygen atoms in total. The summed E-state index contributed by atoms with van der Waals surface area (Å²) in [5, 5.41) is 9.62. The van der Waals surface area contributed by atoms with E-state index in [1.54, 1.807) is 0 Å². The van der Waals surface area contributed by atoms with E-state index in [9.17, 15) is 5.11 Å². The fraction of sp³-hybridized carbons (Fsp3) is 1.00. The van der Waals surface area contributed by atoms with Crippen molar-refractivity contribution in [3.8, 4) is 0 Å². The molecule has 3 aliphatic rings. The maximum Gasteiger partial charge on any atom is 0.0578 e. The number of hydrogen-bond acceptors (Lipinski definition) is 2. The quantitative estimate of drug-likeness (QED) is 0.437. The molecule has 170 valence electrons. The highest BCUT2D eigenvalue weighted by Crippen LogP contribution is 2.48. The van der Waals surface area contributed by atoms with Gasteiger partial charge in [0.2, 0.25) is 0 Å². The van der Waals surface area contributed by atoms with Crippen LogP contribution in [0.15, 0.2) is 0 Å². The van der Waals surface area contributed by atoms with Crippen molar-refractivity contribution in [2.75, 3.05) is 13.2 Å². The summed E-state index contributed by atoms with van der Waals surface area (Å²) in [5.74, 6) is 5.93. The summed E-state index contributed by atoms with van der Waals surface area (Å²) in [7, 11) is 0. The molecule has 3 aliphatic carbocycles. The number of hydrogen-bond donors (Lipinski definition) is 1. The van der Waals surface area contributed by atoms with Crippen molar-refractivity contribution in [3.05, 3.63) is 0 Å². The van der Waals surface area contributed by atoms with Crippen molar-refractivity contribution >= 4 is 0 Å². The van der Waals surface area contributed by atoms with Gasteiger partial charge in [0.1, 0.15) is 0 Å². The maximum absolute atomic E-state index is 9.62. The molecule has 0 radical (unpaired) electrons. The van der Waals surface area contributed by atoms with Gasteiger partial charge >= 0.3 is 0 Å². The zero-order valence-electron chi connectivity index (χ0n) is 19.8. The molecule has 0 aromatic rings. The first-order valence-corrected chi connectivity index (χ1v) is 13.4. The monoisotopic (exact) mass is 406 g/mol. The second kappa shape index (κ2) is 12.1. The average molecular weight is 407 g/mol. The molecule has 6 unspecified atom stereocenters. The average Bonchev–Trinajstić information content (AvgIpc) is 2.78. The van der Waals surface area contributed by atoms with Gasteiger partial charge in [0.25, 0.3) is 0 Å². The Labute approximate surface area is 181 Å². The third kappa shape index (κ3) is 6.45. The van der Waals surface area contributed by atoms with E-state index in [4.69, 9.17) is 4.74 Å². The van der Waals surface area contributed by atoms with E-state index in [2.05, 4.69) is 20.8 Å². The van der Waals surface area contributed by atoms with E-state index >= 15 is 0 Å². The van der Waals surface area contributed by atoms with E-state index in [0.29, 0.717) is 18.6 Å². The minimum atomic E-state index is 0.404. The molecular weight excluding hydrogens is 356 g/mol. The minimum absolute atomic E-state index is 0.404. The molecule has 3 fully saturated rings. The topological polar surface area (TPSA) is 29.5 Å². The maximum atomic E-state index is 9.62. The van der Waals surface area contributed by atoms with Gasteiger partial charge in [0.05, 0.1) is 6.10 Å². The molecule has 0 heterocycles. The normalized spacial score (nSPS) is 41.4. The van der Waals surface area contributed by atoms with Crippen LogP contribution in [0, 0.1) is 41.4 Å². The highest BCUT2D eigenvalue weighted by atomic mass is 16.5. The predicted octanol–water partition coefficient (Wildman–Crippen LogP) is 7.24. The van der Waals surface area contributed by atoms with Crippen LogP contribution in [0.2, 0.25) is 0 Å². The molecule has 0 aromatic carbocycles. The third-order valence-electron chi connectivity index (χ3n) is 9.23. The fourth-order valence-corrected chi connectivity index (χ4v) is 7.38. The van der Waals surface area contributed by atoms with Gasteiger partial charge < -0.3 is 9.84 Å². The second-order valence-electron chi connectivity index (χ2n) is 11.0. The van der Waals surface area contributed by atoms with Crippen LogP contribution in [0.25, 0.3) is 0 Å². The first-order chi connectivity index (χ1) is 14.2. The first kappa shape index (κ1) is 23.6. The van der Waals surface area contributed by atoms with Gasteiger partial charge in [-0.1, -0.05) is 59.3 Å². The van der Waals surface area contributed by atoms with Crippen LogP contribution in [0.1, 0.15) is 111 Å². The van der Waals surface area contributed by atoms with Crippen LogP contribution < -0.4 is 0 Å². The van der Waals surface area contributed by atoms with E-state index < -0.39 is 0 Å². The smallest absolute Gasteiger partial charge is 0.0578 e. The Morgan fingerprint density at radius 1 is 0.690 bits per heavy atom. The Morgan fingerprint density at radius 3 is 1.90 bits per heavy atom. The molecular formula is C27H50O2. The molecule has 3 rings (SSSR count). The summed E-state index contributed by atoms with van der Waals surface area (Å²) in [6.45, 7) is 8.56. The van der Waals surface area contributed by atoms with Gasteiger partial charge in [-0.05, 0) is 92.8 Å².